The molecule has 3 nitrogen and oxygen atoms in total. The van der Waals surface area contributed by atoms with Crippen LogP contribution in [-0.4, -0.2) is 17.7 Å². The molecule has 0 spiro atoms. The van der Waals surface area contributed by atoms with Gasteiger partial charge in [0.1, 0.15) is 6.61 Å². The lowest BCUT2D eigenvalue weighted by Gasteiger charge is -2.03. The molecular weight excluding hydrogens is 182 g/mol. The van der Waals surface area contributed by atoms with Crippen molar-refractivity contribution < 1.29 is 23.4 Å². The van der Waals surface area contributed by atoms with E-state index in [1.54, 1.807) is 0 Å². The molecule has 0 radical (unpaired) electrons. The zero-order chi connectivity index (χ0) is 9.84. The summed E-state index contributed by atoms with van der Waals surface area (Å²) in [4.78, 5) is 10.5. The van der Waals surface area contributed by atoms with E-state index in [2.05, 4.69) is 4.74 Å². The first-order chi connectivity index (χ1) is 6.15. The molecule has 0 unspecified atom stereocenters. The number of aliphatic hydroxyl groups excluding tert-OH is 1. The Morgan fingerprint density at radius 1 is 1.38 bits per heavy atom. The molecule has 0 saturated heterocycles. The fourth-order valence-electron chi connectivity index (χ4n) is 0.726. The van der Waals surface area contributed by atoms with Crippen molar-refractivity contribution in [1.82, 2.24) is 0 Å². The zero-order valence-electron chi connectivity index (χ0n) is 6.46. The van der Waals surface area contributed by atoms with E-state index >= 15 is 0 Å². The number of esters is 1. The molecule has 1 rings (SSSR count). The van der Waals surface area contributed by atoms with Gasteiger partial charge in [0.2, 0.25) is 5.75 Å². The van der Waals surface area contributed by atoms with Gasteiger partial charge in [-0.05, 0) is 12.1 Å². The second-order valence-corrected chi connectivity index (χ2v) is 2.18. The van der Waals surface area contributed by atoms with Gasteiger partial charge in [-0.1, -0.05) is 6.07 Å². The monoisotopic (exact) mass is 188 g/mol. The summed E-state index contributed by atoms with van der Waals surface area (Å²) in [6.07, 6.45) is 0. The summed E-state index contributed by atoms with van der Waals surface area (Å²) >= 11 is 0. The van der Waals surface area contributed by atoms with Gasteiger partial charge < -0.3 is 9.84 Å². The molecule has 0 aromatic heterocycles. The van der Waals surface area contributed by atoms with E-state index < -0.39 is 30.0 Å². The second-order valence-electron chi connectivity index (χ2n) is 2.18. The first-order valence-corrected chi connectivity index (χ1v) is 3.40. The number of ether oxygens (including phenoxy) is 1. The Morgan fingerprint density at radius 3 is 2.38 bits per heavy atom. The molecule has 0 bridgehead atoms. The average Bonchev–Trinajstić information content (AvgIpc) is 2.11. The van der Waals surface area contributed by atoms with E-state index in [4.69, 9.17) is 5.11 Å². The number of aliphatic hydroxyl groups is 1. The number of halogens is 2. The van der Waals surface area contributed by atoms with Gasteiger partial charge in [0.15, 0.2) is 11.6 Å². The van der Waals surface area contributed by atoms with Gasteiger partial charge >= 0.3 is 5.97 Å². The lowest BCUT2D eigenvalue weighted by molar-refractivity contribution is -0.137. The minimum atomic E-state index is -1.11. The zero-order valence-corrected chi connectivity index (χ0v) is 6.46. The van der Waals surface area contributed by atoms with E-state index in [1.807, 2.05) is 0 Å². The van der Waals surface area contributed by atoms with Crippen LogP contribution in [0.4, 0.5) is 8.78 Å². The van der Waals surface area contributed by atoms with E-state index in [0.29, 0.717) is 0 Å². The van der Waals surface area contributed by atoms with Crippen molar-refractivity contribution in [2.24, 2.45) is 0 Å². The van der Waals surface area contributed by atoms with Crippen LogP contribution in [0.2, 0.25) is 0 Å². The molecule has 0 aliphatic carbocycles. The molecule has 1 aromatic rings. The summed E-state index contributed by atoms with van der Waals surface area (Å²) in [6.45, 7) is -0.923. The van der Waals surface area contributed by atoms with E-state index in [0.717, 1.165) is 18.2 Å². The number of carbonyl (C=O) groups is 1. The summed E-state index contributed by atoms with van der Waals surface area (Å²) in [5.41, 5.74) is 0. The molecule has 5 heteroatoms. The van der Waals surface area contributed by atoms with Crippen LogP contribution in [0.15, 0.2) is 18.2 Å². The summed E-state index contributed by atoms with van der Waals surface area (Å²) in [5.74, 6) is -3.87. The van der Waals surface area contributed by atoms with Gasteiger partial charge in [-0.25, -0.2) is 13.6 Å². The van der Waals surface area contributed by atoms with Gasteiger partial charge in [-0.15, -0.1) is 0 Å². The second kappa shape index (κ2) is 3.95. The van der Waals surface area contributed by atoms with Crippen LogP contribution in [0.3, 0.4) is 0 Å². The molecule has 0 atom stereocenters. The Kier molecular flexibility index (Phi) is 2.92. The van der Waals surface area contributed by atoms with Gasteiger partial charge in [-0.3, -0.25) is 0 Å². The number of benzene rings is 1. The van der Waals surface area contributed by atoms with Crippen LogP contribution in [-0.2, 0) is 4.79 Å². The molecular formula is C8H6F2O3. The molecule has 0 heterocycles. The summed E-state index contributed by atoms with van der Waals surface area (Å²) < 4.78 is 29.7. The molecule has 70 valence electrons. The number of para-hydroxylation sites is 1. The highest BCUT2D eigenvalue weighted by Gasteiger charge is 2.12. The molecule has 0 aliphatic heterocycles. The Labute approximate surface area is 72.6 Å². The maximum atomic E-state index is 12.7. The van der Waals surface area contributed by atoms with Crippen LogP contribution >= 0.6 is 0 Å². The van der Waals surface area contributed by atoms with Crippen LogP contribution < -0.4 is 4.74 Å². The van der Waals surface area contributed by atoms with Crippen molar-refractivity contribution >= 4 is 5.97 Å². The average molecular weight is 188 g/mol. The topological polar surface area (TPSA) is 46.5 Å². The van der Waals surface area contributed by atoms with E-state index in [-0.39, 0.29) is 0 Å². The number of hydrogen-bond acceptors (Lipinski definition) is 3. The molecule has 0 fully saturated rings. The lowest BCUT2D eigenvalue weighted by atomic mass is 10.3. The maximum Gasteiger partial charge on any atom is 0.337 e. The van der Waals surface area contributed by atoms with Crippen molar-refractivity contribution in [3.05, 3.63) is 29.8 Å². The van der Waals surface area contributed by atoms with Gasteiger partial charge in [0.05, 0.1) is 0 Å². The summed E-state index contributed by atoms with van der Waals surface area (Å²) in [5, 5.41) is 8.26. The molecule has 13 heavy (non-hydrogen) atoms. The molecule has 0 aliphatic rings. The number of hydrogen-bond donors (Lipinski definition) is 1. The minimum absolute atomic E-state index is 0.790. The fraction of sp³-hybridized carbons (Fsp3) is 0.125. The Morgan fingerprint density at radius 2 is 1.92 bits per heavy atom. The van der Waals surface area contributed by atoms with Gasteiger partial charge in [0, 0.05) is 0 Å². The highest BCUT2D eigenvalue weighted by atomic mass is 19.1. The minimum Gasteiger partial charge on any atom is -0.419 e. The Balaban J connectivity index is 2.93. The first-order valence-electron chi connectivity index (χ1n) is 3.40. The standard InChI is InChI=1S/C8H6F2O3/c9-5-2-1-3-6(10)8(5)13-7(12)4-11/h1-3,11H,4H2. The Bertz CT molecular complexity index is 305. The lowest BCUT2D eigenvalue weighted by Crippen LogP contribution is -2.14. The highest BCUT2D eigenvalue weighted by molar-refractivity contribution is 5.73. The van der Waals surface area contributed by atoms with Crippen molar-refractivity contribution in [1.29, 1.82) is 0 Å². The highest BCUT2D eigenvalue weighted by Crippen LogP contribution is 2.20. The smallest absolute Gasteiger partial charge is 0.337 e. The number of carbonyl (C=O) groups excluding carboxylic acids is 1. The van der Waals surface area contributed by atoms with Crippen molar-refractivity contribution in [2.45, 2.75) is 0 Å². The quantitative estimate of drug-likeness (QED) is 0.553. The predicted molar refractivity (Wildman–Crippen MR) is 39.1 cm³/mol. The van der Waals surface area contributed by atoms with E-state index in [9.17, 15) is 13.6 Å². The van der Waals surface area contributed by atoms with Crippen molar-refractivity contribution in [3.63, 3.8) is 0 Å². The Hall–Kier alpha value is -1.49. The van der Waals surface area contributed by atoms with Crippen molar-refractivity contribution in [2.75, 3.05) is 6.61 Å². The first kappa shape index (κ1) is 9.60. The van der Waals surface area contributed by atoms with Gasteiger partial charge in [0.25, 0.3) is 0 Å². The largest absolute Gasteiger partial charge is 0.419 e. The molecule has 0 amide bonds. The third-order valence-corrected chi connectivity index (χ3v) is 1.26. The third kappa shape index (κ3) is 2.22. The van der Waals surface area contributed by atoms with Crippen LogP contribution in [0.25, 0.3) is 0 Å². The summed E-state index contributed by atoms with van der Waals surface area (Å²) in [7, 11) is 0. The SMILES string of the molecule is O=C(CO)Oc1c(F)cccc1F. The maximum absolute atomic E-state index is 12.7. The van der Waals surface area contributed by atoms with Crippen LogP contribution in [0.5, 0.6) is 5.75 Å². The molecule has 1 N–H and O–H groups in total. The van der Waals surface area contributed by atoms with Gasteiger partial charge in [-0.2, -0.15) is 0 Å². The third-order valence-electron chi connectivity index (χ3n) is 1.26. The van der Waals surface area contributed by atoms with Crippen LogP contribution in [0.1, 0.15) is 0 Å². The normalized spacial score (nSPS) is 9.77. The predicted octanol–water partition coefficient (Wildman–Crippen LogP) is 0.863. The molecule has 1 aromatic carbocycles. The number of rotatable bonds is 2. The summed E-state index contributed by atoms with van der Waals surface area (Å²) in [6, 6.07) is 3.03. The molecule has 0 saturated carbocycles. The van der Waals surface area contributed by atoms with Crippen LogP contribution in [0, 0.1) is 11.6 Å². The van der Waals surface area contributed by atoms with Crippen molar-refractivity contribution in [3.8, 4) is 5.75 Å². The van der Waals surface area contributed by atoms with E-state index in [1.165, 1.54) is 0 Å². The fourth-order valence-corrected chi connectivity index (χ4v) is 0.726.